The Balaban J connectivity index is 2.34. The molecule has 1 aliphatic rings. The number of carbonyl (C=O) groups excluding carboxylic acids is 2. The normalized spacial score (nSPS) is 18.1. The molecular formula is C13H17N3O4. The van der Waals surface area contributed by atoms with E-state index < -0.39 is 17.5 Å². The lowest BCUT2D eigenvalue weighted by Gasteiger charge is -2.14. The van der Waals surface area contributed by atoms with Crippen molar-refractivity contribution in [1.82, 2.24) is 14.9 Å². The largest absolute Gasteiger partial charge is 0.489 e. The Labute approximate surface area is 116 Å². The van der Waals surface area contributed by atoms with Crippen LogP contribution >= 0.6 is 0 Å². The molecule has 1 aromatic heterocycles. The first-order valence-corrected chi connectivity index (χ1v) is 6.41. The number of nitrogens with one attached hydrogen (secondary N) is 1. The summed E-state index contributed by atoms with van der Waals surface area (Å²) < 4.78 is 6.28. The van der Waals surface area contributed by atoms with Gasteiger partial charge in [0.2, 0.25) is 5.75 Å². The van der Waals surface area contributed by atoms with E-state index >= 15 is 0 Å². The molecule has 2 rings (SSSR count). The maximum atomic E-state index is 12.2. The number of carbonyl (C=O) groups is 2. The van der Waals surface area contributed by atoms with Crippen LogP contribution in [0.2, 0.25) is 0 Å². The third-order valence-corrected chi connectivity index (χ3v) is 3.50. The second-order valence-corrected chi connectivity index (χ2v) is 4.79. The van der Waals surface area contributed by atoms with E-state index in [4.69, 9.17) is 4.74 Å². The number of nitrogens with zero attached hydrogens (tertiary/aromatic N) is 2. The van der Waals surface area contributed by atoms with E-state index in [0.29, 0.717) is 18.7 Å². The summed E-state index contributed by atoms with van der Waals surface area (Å²) in [6.07, 6.45) is 1.87. The SMILES string of the molecule is COc1c(C(=O)NC2CCCC2=O)nc(C)n(C)c1=O. The number of aryl methyl sites for hydroxylation is 1. The van der Waals surface area contributed by atoms with Gasteiger partial charge in [0, 0.05) is 13.5 Å². The molecule has 108 valence electrons. The highest BCUT2D eigenvalue weighted by Crippen LogP contribution is 2.16. The van der Waals surface area contributed by atoms with Gasteiger partial charge in [-0.2, -0.15) is 0 Å². The molecule has 1 N–H and O–H groups in total. The summed E-state index contributed by atoms with van der Waals surface area (Å²) in [6.45, 7) is 1.62. The van der Waals surface area contributed by atoms with Crippen LogP contribution < -0.4 is 15.6 Å². The average molecular weight is 279 g/mol. The molecular weight excluding hydrogens is 262 g/mol. The van der Waals surface area contributed by atoms with Crippen LogP contribution in [0.5, 0.6) is 5.75 Å². The van der Waals surface area contributed by atoms with Crippen LogP contribution in [-0.2, 0) is 11.8 Å². The predicted octanol–water partition coefficient (Wildman–Crippen LogP) is -0.0513. The number of aromatic nitrogens is 2. The van der Waals surface area contributed by atoms with Crippen molar-refractivity contribution in [1.29, 1.82) is 0 Å². The van der Waals surface area contributed by atoms with Gasteiger partial charge >= 0.3 is 0 Å². The highest BCUT2D eigenvalue weighted by atomic mass is 16.5. The Morgan fingerprint density at radius 3 is 2.70 bits per heavy atom. The van der Waals surface area contributed by atoms with Crippen LogP contribution in [0.15, 0.2) is 4.79 Å². The van der Waals surface area contributed by atoms with Crippen molar-refractivity contribution in [3.63, 3.8) is 0 Å². The summed E-state index contributed by atoms with van der Waals surface area (Å²) in [5.41, 5.74) is -0.504. The van der Waals surface area contributed by atoms with Gasteiger partial charge in [0.15, 0.2) is 11.5 Å². The number of ketones is 1. The molecule has 20 heavy (non-hydrogen) atoms. The Morgan fingerprint density at radius 2 is 2.15 bits per heavy atom. The quantitative estimate of drug-likeness (QED) is 0.837. The molecule has 0 aromatic carbocycles. The van der Waals surface area contributed by atoms with Gasteiger partial charge in [-0.15, -0.1) is 0 Å². The number of Topliss-reactive ketones (excluding diaryl/α,β-unsaturated/α-hetero) is 1. The van der Waals surface area contributed by atoms with Gasteiger partial charge in [-0.3, -0.25) is 19.0 Å². The summed E-state index contributed by atoms with van der Waals surface area (Å²) in [7, 11) is 2.86. The number of methoxy groups -OCH3 is 1. The fraction of sp³-hybridized carbons (Fsp3) is 0.538. The molecule has 0 saturated heterocycles. The van der Waals surface area contributed by atoms with Crippen molar-refractivity contribution in [2.24, 2.45) is 7.05 Å². The molecule has 0 spiro atoms. The van der Waals surface area contributed by atoms with Crippen LogP contribution in [0.3, 0.4) is 0 Å². The molecule has 1 saturated carbocycles. The Morgan fingerprint density at radius 1 is 1.45 bits per heavy atom. The molecule has 0 radical (unpaired) electrons. The number of hydrogen-bond acceptors (Lipinski definition) is 5. The Bertz CT molecular complexity index is 621. The lowest BCUT2D eigenvalue weighted by atomic mass is 10.2. The van der Waals surface area contributed by atoms with Crippen LogP contribution in [0.25, 0.3) is 0 Å². The maximum absolute atomic E-state index is 12.2. The minimum absolute atomic E-state index is 0.0119. The predicted molar refractivity (Wildman–Crippen MR) is 70.9 cm³/mol. The van der Waals surface area contributed by atoms with E-state index in [2.05, 4.69) is 10.3 Å². The highest BCUT2D eigenvalue weighted by Gasteiger charge is 2.28. The van der Waals surface area contributed by atoms with Crippen LogP contribution in [0.4, 0.5) is 0 Å². The van der Waals surface area contributed by atoms with Gasteiger partial charge in [-0.25, -0.2) is 4.98 Å². The van der Waals surface area contributed by atoms with E-state index in [-0.39, 0.29) is 17.2 Å². The second-order valence-electron chi connectivity index (χ2n) is 4.79. The monoisotopic (exact) mass is 279 g/mol. The molecule has 0 bridgehead atoms. The van der Waals surface area contributed by atoms with Crippen molar-refractivity contribution in [3.8, 4) is 5.75 Å². The van der Waals surface area contributed by atoms with Crippen LogP contribution in [-0.4, -0.2) is 34.4 Å². The number of hydrogen-bond donors (Lipinski definition) is 1. The van der Waals surface area contributed by atoms with E-state index in [1.807, 2.05) is 0 Å². The second kappa shape index (κ2) is 5.44. The standard InChI is InChI=1S/C13H17N3O4/c1-7-14-10(11(20-3)13(19)16(7)2)12(18)15-8-5-4-6-9(8)17/h8H,4-6H2,1-3H3,(H,15,18). The molecule has 1 heterocycles. The van der Waals surface area contributed by atoms with Gasteiger partial charge in [0.05, 0.1) is 13.2 Å². The fourth-order valence-electron chi connectivity index (χ4n) is 2.22. The minimum atomic E-state index is -0.553. The number of ether oxygens (including phenoxy) is 1. The zero-order valence-electron chi connectivity index (χ0n) is 11.7. The smallest absolute Gasteiger partial charge is 0.296 e. The first-order valence-electron chi connectivity index (χ1n) is 6.41. The number of rotatable bonds is 3. The molecule has 7 nitrogen and oxygen atoms in total. The molecule has 1 aromatic rings. The molecule has 1 aliphatic carbocycles. The Hall–Kier alpha value is -2.18. The summed E-state index contributed by atoms with van der Waals surface area (Å²) in [5, 5.41) is 2.61. The summed E-state index contributed by atoms with van der Waals surface area (Å²) in [5.74, 6) is -0.250. The van der Waals surface area contributed by atoms with Crippen molar-refractivity contribution >= 4 is 11.7 Å². The molecule has 0 aliphatic heterocycles. The average Bonchev–Trinajstić information content (AvgIpc) is 2.81. The third-order valence-electron chi connectivity index (χ3n) is 3.50. The maximum Gasteiger partial charge on any atom is 0.296 e. The zero-order valence-corrected chi connectivity index (χ0v) is 11.7. The molecule has 1 amide bonds. The zero-order chi connectivity index (χ0) is 14.9. The van der Waals surface area contributed by atoms with E-state index in [0.717, 1.165) is 6.42 Å². The molecule has 1 atom stereocenters. The van der Waals surface area contributed by atoms with Gasteiger partial charge in [0.25, 0.3) is 11.5 Å². The lowest BCUT2D eigenvalue weighted by Crippen LogP contribution is -2.39. The molecule has 1 fully saturated rings. The summed E-state index contributed by atoms with van der Waals surface area (Å²) in [4.78, 5) is 39.8. The third kappa shape index (κ3) is 2.43. The Kier molecular flexibility index (Phi) is 3.87. The van der Waals surface area contributed by atoms with Crippen molar-refractivity contribution in [2.45, 2.75) is 32.2 Å². The first-order chi connectivity index (χ1) is 9.45. The van der Waals surface area contributed by atoms with Crippen molar-refractivity contribution in [2.75, 3.05) is 7.11 Å². The van der Waals surface area contributed by atoms with Crippen molar-refractivity contribution in [3.05, 3.63) is 21.9 Å². The molecule has 1 unspecified atom stereocenters. The number of amides is 1. The molecule has 7 heteroatoms. The van der Waals surface area contributed by atoms with Gasteiger partial charge in [-0.05, 0) is 19.8 Å². The summed E-state index contributed by atoms with van der Waals surface area (Å²) in [6, 6.07) is -0.488. The van der Waals surface area contributed by atoms with E-state index in [1.54, 1.807) is 14.0 Å². The minimum Gasteiger partial charge on any atom is -0.489 e. The van der Waals surface area contributed by atoms with Crippen LogP contribution in [0.1, 0.15) is 35.6 Å². The van der Waals surface area contributed by atoms with E-state index in [1.165, 1.54) is 11.7 Å². The van der Waals surface area contributed by atoms with Gasteiger partial charge < -0.3 is 10.1 Å². The van der Waals surface area contributed by atoms with Crippen molar-refractivity contribution < 1.29 is 14.3 Å². The van der Waals surface area contributed by atoms with Gasteiger partial charge in [0.1, 0.15) is 5.82 Å². The highest BCUT2D eigenvalue weighted by molar-refractivity contribution is 5.98. The van der Waals surface area contributed by atoms with Crippen LogP contribution in [0, 0.1) is 6.92 Å². The van der Waals surface area contributed by atoms with Gasteiger partial charge in [-0.1, -0.05) is 0 Å². The topological polar surface area (TPSA) is 90.3 Å². The van der Waals surface area contributed by atoms with E-state index in [9.17, 15) is 14.4 Å². The lowest BCUT2D eigenvalue weighted by molar-refractivity contribution is -0.118. The summed E-state index contributed by atoms with van der Waals surface area (Å²) >= 11 is 0. The fourth-order valence-corrected chi connectivity index (χ4v) is 2.22. The first kappa shape index (κ1) is 14.2.